The van der Waals surface area contributed by atoms with E-state index in [1.807, 2.05) is 23.5 Å². The van der Waals surface area contributed by atoms with E-state index >= 15 is 0 Å². The van der Waals surface area contributed by atoms with Crippen molar-refractivity contribution in [2.45, 2.75) is 35.6 Å². The highest BCUT2D eigenvalue weighted by molar-refractivity contribution is 8.07. The lowest BCUT2D eigenvalue weighted by molar-refractivity contribution is 0.497. The third-order valence-electron chi connectivity index (χ3n) is 3.43. The minimum absolute atomic E-state index is 0.164. The van der Waals surface area contributed by atoms with Gasteiger partial charge in [0, 0.05) is 21.5 Å². The maximum absolute atomic E-state index is 13.3. The van der Waals surface area contributed by atoms with Crippen molar-refractivity contribution in [3.8, 4) is 0 Å². The molecule has 1 aromatic rings. The van der Waals surface area contributed by atoms with Gasteiger partial charge in [0.2, 0.25) is 0 Å². The number of halogens is 2. The summed E-state index contributed by atoms with van der Waals surface area (Å²) >= 11 is 3.75. The van der Waals surface area contributed by atoms with Gasteiger partial charge in [0.25, 0.3) is 0 Å². The van der Waals surface area contributed by atoms with E-state index in [9.17, 15) is 8.78 Å². The van der Waals surface area contributed by atoms with Crippen LogP contribution in [0.15, 0.2) is 18.2 Å². The van der Waals surface area contributed by atoms with Crippen LogP contribution in [0.25, 0.3) is 0 Å². The zero-order valence-electron chi connectivity index (χ0n) is 10.9. The van der Waals surface area contributed by atoms with Gasteiger partial charge in [-0.3, -0.25) is 11.3 Å². The highest BCUT2D eigenvalue weighted by Gasteiger charge is 2.31. The van der Waals surface area contributed by atoms with Crippen LogP contribution < -0.4 is 11.3 Å². The van der Waals surface area contributed by atoms with Crippen LogP contribution in [-0.4, -0.2) is 21.5 Å². The Labute approximate surface area is 120 Å². The predicted octanol–water partition coefficient (Wildman–Crippen LogP) is 3.09. The van der Waals surface area contributed by atoms with Crippen LogP contribution in [0, 0.1) is 11.6 Å². The number of hydrazine groups is 1. The second-order valence-electron chi connectivity index (χ2n) is 4.74. The third-order valence-corrected chi connectivity index (χ3v) is 6.92. The fraction of sp³-hybridized carbons (Fsp3) is 0.538. The number of thioether (sulfide) groups is 2. The Bertz CT molecular complexity index is 445. The van der Waals surface area contributed by atoms with Crippen LogP contribution in [0.3, 0.4) is 0 Å². The molecule has 1 aromatic carbocycles. The van der Waals surface area contributed by atoms with Crippen molar-refractivity contribution >= 4 is 23.5 Å². The Kier molecular flexibility index (Phi) is 5.11. The molecule has 0 aromatic heterocycles. The summed E-state index contributed by atoms with van der Waals surface area (Å²) in [5.41, 5.74) is 3.44. The second kappa shape index (κ2) is 6.43. The largest absolute Gasteiger partial charge is 0.271 e. The quantitative estimate of drug-likeness (QED) is 0.665. The van der Waals surface area contributed by atoms with Crippen molar-refractivity contribution < 1.29 is 8.78 Å². The fourth-order valence-corrected chi connectivity index (χ4v) is 5.21. The van der Waals surface area contributed by atoms with Crippen molar-refractivity contribution in [3.63, 3.8) is 0 Å². The molecule has 1 heterocycles. The molecule has 0 radical (unpaired) electrons. The molecular weight excluding hydrogens is 286 g/mol. The van der Waals surface area contributed by atoms with Crippen LogP contribution in [0.2, 0.25) is 0 Å². The van der Waals surface area contributed by atoms with Gasteiger partial charge in [-0.15, -0.1) is 0 Å². The monoisotopic (exact) mass is 304 g/mol. The average Bonchev–Trinajstić information content (AvgIpc) is 2.39. The molecule has 0 bridgehead atoms. The lowest BCUT2D eigenvalue weighted by Gasteiger charge is -2.35. The molecule has 19 heavy (non-hydrogen) atoms. The standard InChI is InChI=1S/C13H18F2N2S2/c1-7-8(2)19-12(6-18-7)13(17-16)9-3-4-10(14)11(15)5-9/h3-5,7-8,12-13,17H,6,16H2,1-2H3. The first-order valence-corrected chi connectivity index (χ1v) is 8.20. The van der Waals surface area contributed by atoms with Crippen molar-refractivity contribution in [3.05, 3.63) is 35.4 Å². The van der Waals surface area contributed by atoms with Crippen LogP contribution >= 0.6 is 23.5 Å². The lowest BCUT2D eigenvalue weighted by Crippen LogP contribution is -2.40. The lowest BCUT2D eigenvalue weighted by atomic mass is 10.0. The van der Waals surface area contributed by atoms with E-state index in [1.54, 1.807) is 6.07 Å². The fourth-order valence-electron chi connectivity index (χ4n) is 2.11. The van der Waals surface area contributed by atoms with Gasteiger partial charge in [-0.1, -0.05) is 19.9 Å². The van der Waals surface area contributed by atoms with Crippen molar-refractivity contribution in [1.82, 2.24) is 5.43 Å². The SMILES string of the molecule is CC1SCC(C(NN)c2ccc(F)c(F)c2)SC1C. The molecule has 3 N–H and O–H groups in total. The highest BCUT2D eigenvalue weighted by Crippen LogP contribution is 2.40. The summed E-state index contributed by atoms with van der Waals surface area (Å²) in [5.74, 6) is 4.91. The Hall–Kier alpha value is -0.300. The topological polar surface area (TPSA) is 38.0 Å². The number of benzene rings is 1. The Morgan fingerprint density at radius 3 is 2.58 bits per heavy atom. The van der Waals surface area contributed by atoms with E-state index in [-0.39, 0.29) is 11.3 Å². The zero-order chi connectivity index (χ0) is 14.0. The van der Waals surface area contributed by atoms with Gasteiger partial charge in [0.1, 0.15) is 0 Å². The maximum atomic E-state index is 13.3. The zero-order valence-corrected chi connectivity index (χ0v) is 12.5. The Balaban J connectivity index is 2.17. The molecule has 4 atom stereocenters. The summed E-state index contributed by atoms with van der Waals surface area (Å²) in [5, 5.41) is 1.38. The van der Waals surface area contributed by atoms with Gasteiger partial charge >= 0.3 is 0 Å². The molecule has 0 saturated carbocycles. The molecule has 106 valence electrons. The summed E-state index contributed by atoms with van der Waals surface area (Å²) in [4.78, 5) is 0. The Morgan fingerprint density at radius 2 is 2.00 bits per heavy atom. The normalized spacial score (nSPS) is 29.2. The molecular formula is C13H18F2N2S2. The first-order chi connectivity index (χ1) is 9.02. The molecule has 1 fully saturated rings. The second-order valence-corrected chi connectivity index (χ2v) is 7.77. The Morgan fingerprint density at radius 1 is 1.26 bits per heavy atom. The van der Waals surface area contributed by atoms with Crippen molar-refractivity contribution in [1.29, 1.82) is 0 Å². The summed E-state index contributed by atoms with van der Waals surface area (Å²) < 4.78 is 26.3. The number of hydrogen-bond acceptors (Lipinski definition) is 4. The minimum Gasteiger partial charge on any atom is -0.271 e. The highest BCUT2D eigenvalue weighted by atomic mass is 32.2. The average molecular weight is 304 g/mol. The van der Waals surface area contributed by atoms with Gasteiger partial charge in [0.15, 0.2) is 11.6 Å². The molecule has 0 amide bonds. The minimum atomic E-state index is -0.827. The van der Waals surface area contributed by atoms with E-state index in [1.165, 1.54) is 6.07 Å². The van der Waals surface area contributed by atoms with E-state index < -0.39 is 11.6 Å². The van der Waals surface area contributed by atoms with Gasteiger partial charge in [0.05, 0.1) is 6.04 Å². The molecule has 2 rings (SSSR count). The summed E-state index contributed by atoms with van der Waals surface area (Å²) in [6.07, 6.45) is 0. The van der Waals surface area contributed by atoms with Crippen LogP contribution in [0.1, 0.15) is 25.5 Å². The molecule has 2 nitrogen and oxygen atoms in total. The first-order valence-electron chi connectivity index (χ1n) is 6.21. The number of rotatable bonds is 3. The molecule has 1 saturated heterocycles. The summed E-state index contributed by atoms with van der Waals surface area (Å²) in [6.45, 7) is 4.40. The van der Waals surface area contributed by atoms with Crippen molar-refractivity contribution in [2.75, 3.05) is 5.75 Å². The van der Waals surface area contributed by atoms with Crippen molar-refractivity contribution in [2.24, 2.45) is 5.84 Å². The number of nitrogens with one attached hydrogen (secondary N) is 1. The van der Waals surface area contributed by atoms with E-state index in [0.717, 1.165) is 11.8 Å². The molecule has 0 aliphatic carbocycles. The molecule has 0 spiro atoms. The van der Waals surface area contributed by atoms with Crippen LogP contribution in [-0.2, 0) is 0 Å². The van der Waals surface area contributed by atoms with Gasteiger partial charge in [-0.25, -0.2) is 8.78 Å². The van der Waals surface area contributed by atoms with Gasteiger partial charge < -0.3 is 0 Å². The molecule has 6 heteroatoms. The molecule has 1 aliphatic rings. The van der Waals surface area contributed by atoms with Gasteiger partial charge in [-0.2, -0.15) is 23.5 Å². The molecule has 1 aliphatic heterocycles. The molecule has 4 unspecified atom stereocenters. The van der Waals surface area contributed by atoms with Crippen LogP contribution in [0.5, 0.6) is 0 Å². The van der Waals surface area contributed by atoms with E-state index in [0.29, 0.717) is 16.1 Å². The number of nitrogens with two attached hydrogens (primary N) is 1. The smallest absolute Gasteiger partial charge is 0.159 e. The van der Waals surface area contributed by atoms with Gasteiger partial charge in [-0.05, 0) is 17.7 Å². The predicted molar refractivity (Wildman–Crippen MR) is 79.2 cm³/mol. The third kappa shape index (κ3) is 3.42. The summed E-state index contributed by atoms with van der Waals surface area (Å²) in [7, 11) is 0. The van der Waals surface area contributed by atoms with E-state index in [4.69, 9.17) is 5.84 Å². The van der Waals surface area contributed by atoms with E-state index in [2.05, 4.69) is 19.3 Å². The van der Waals surface area contributed by atoms with Crippen LogP contribution in [0.4, 0.5) is 8.78 Å². The summed E-state index contributed by atoms with van der Waals surface area (Å²) in [6, 6.07) is 3.81. The maximum Gasteiger partial charge on any atom is 0.159 e. The number of hydrogen-bond donors (Lipinski definition) is 2. The first kappa shape index (κ1) is 15.1.